The van der Waals surface area contributed by atoms with Crippen LogP contribution < -0.4 is 10.6 Å². The largest absolute Gasteiger partial charge is 0.364 e. The average Bonchev–Trinajstić information content (AvgIpc) is 2.88. The van der Waals surface area contributed by atoms with Crippen molar-refractivity contribution in [1.82, 2.24) is 4.90 Å². The molecule has 1 aromatic carbocycles. The second kappa shape index (κ2) is 5.14. The van der Waals surface area contributed by atoms with E-state index < -0.39 is 0 Å². The molecule has 3 rings (SSSR count). The van der Waals surface area contributed by atoms with Gasteiger partial charge < -0.3 is 15.5 Å². The van der Waals surface area contributed by atoms with Gasteiger partial charge in [0.2, 0.25) is 0 Å². The van der Waals surface area contributed by atoms with Crippen molar-refractivity contribution in [1.29, 1.82) is 0 Å². The van der Waals surface area contributed by atoms with E-state index in [-0.39, 0.29) is 5.54 Å². The second-order valence-corrected chi connectivity index (χ2v) is 5.92. The van der Waals surface area contributed by atoms with Crippen LogP contribution in [0.5, 0.6) is 0 Å². The number of nitrogens with zero attached hydrogens (tertiary/aromatic N) is 2. The molecule has 104 valence electrons. The van der Waals surface area contributed by atoms with Crippen molar-refractivity contribution >= 4 is 5.69 Å². The smallest absolute Gasteiger partial charge is 0.0576 e. The number of piperidine rings is 1. The minimum absolute atomic E-state index is 0.170. The highest BCUT2D eigenvalue weighted by Crippen LogP contribution is 2.41. The zero-order valence-corrected chi connectivity index (χ0v) is 11.9. The summed E-state index contributed by atoms with van der Waals surface area (Å²) in [5.41, 5.74) is 7.78. The molecule has 0 aliphatic carbocycles. The molecule has 0 amide bonds. The normalized spacial score (nSPS) is 33.4. The molecular formula is C16H25N3. The van der Waals surface area contributed by atoms with E-state index in [0.717, 1.165) is 19.0 Å². The van der Waals surface area contributed by atoms with Crippen molar-refractivity contribution in [2.24, 2.45) is 11.7 Å². The number of likely N-dealkylation sites (N-methyl/N-ethyl adjacent to an activating group) is 1. The minimum atomic E-state index is 0.170. The summed E-state index contributed by atoms with van der Waals surface area (Å²) < 4.78 is 0. The fourth-order valence-corrected chi connectivity index (χ4v) is 4.13. The van der Waals surface area contributed by atoms with Crippen LogP contribution in [0, 0.1) is 5.92 Å². The van der Waals surface area contributed by atoms with Crippen LogP contribution in [0.1, 0.15) is 19.8 Å². The lowest BCUT2D eigenvalue weighted by Crippen LogP contribution is -2.62. The van der Waals surface area contributed by atoms with Gasteiger partial charge in [0, 0.05) is 31.9 Å². The Labute approximate surface area is 116 Å². The quantitative estimate of drug-likeness (QED) is 0.897. The average molecular weight is 259 g/mol. The maximum Gasteiger partial charge on any atom is 0.0576 e. The van der Waals surface area contributed by atoms with E-state index in [0.29, 0.717) is 0 Å². The van der Waals surface area contributed by atoms with E-state index in [1.54, 1.807) is 0 Å². The van der Waals surface area contributed by atoms with Gasteiger partial charge in [-0.15, -0.1) is 0 Å². The van der Waals surface area contributed by atoms with E-state index in [1.807, 2.05) is 0 Å². The molecule has 1 aromatic rings. The van der Waals surface area contributed by atoms with Gasteiger partial charge in [-0.3, -0.25) is 0 Å². The number of hydrogen-bond donors (Lipinski definition) is 1. The molecule has 0 spiro atoms. The third-order valence-electron chi connectivity index (χ3n) is 5.17. The Kier molecular flexibility index (Phi) is 3.50. The Morgan fingerprint density at radius 1 is 1.32 bits per heavy atom. The number of benzene rings is 1. The molecule has 3 nitrogen and oxygen atoms in total. The van der Waals surface area contributed by atoms with E-state index >= 15 is 0 Å². The van der Waals surface area contributed by atoms with Crippen LogP contribution in [0.4, 0.5) is 5.69 Å². The van der Waals surface area contributed by atoms with Crippen LogP contribution in [-0.2, 0) is 0 Å². The third-order valence-corrected chi connectivity index (χ3v) is 5.17. The van der Waals surface area contributed by atoms with Gasteiger partial charge in [-0.2, -0.15) is 0 Å². The summed E-state index contributed by atoms with van der Waals surface area (Å²) >= 11 is 0. The maximum atomic E-state index is 6.28. The number of rotatable bonds is 4. The molecule has 2 fully saturated rings. The van der Waals surface area contributed by atoms with E-state index in [9.17, 15) is 0 Å². The van der Waals surface area contributed by atoms with Crippen molar-refractivity contribution in [3.63, 3.8) is 0 Å². The number of para-hydroxylation sites is 1. The summed E-state index contributed by atoms with van der Waals surface area (Å²) in [6.45, 7) is 7.77. The number of fused-ring (bicyclic) bond motifs is 2. The van der Waals surface area contributed by atoms with Gasteiger partial charge in [0.05, 0.1) is 5.54 Å². The first-order valence-corrected chi connectivity index (χ1v) is 7.55. The van der Waals surface area contributed by atoms with Crippen LogP contribution in [0.2, 0.25) is 0 Å². The van der Waals surface area contributed by atoms with Gasteiger partial charge >= 0.3 is 0 Å². The summed E-state index contributed by atoms with van der Waals surface area (Å²) in [4.78, 5) is 5.16. The van der Waals surface area contributed by atoms with Crippen LogP contribution >= 0.6 is 0 Å². The van der Waals surface area contributed by atoms with Crippen molar-refractivity contribution in [2.45, 2.75) is 25.3 Å². The predicted molar refractivity (Wildman–Crippen MR) is 80.4 cm³/mol. The molecule has 3 atom stereocenters. The molecule has 0 aromatic heterocycles. The van der Waals surface area contributed by atoms with Crippen molar-refractivity contribution in [3.05, 3.63) is 30.3 Å². The Morgan fingerprint density at radius 2 is 2.11 bits per heavy atom. The Balaban J connectivity index is 1.95. The highest BCUT2D eigenvalue weighted by atomic mass is 15.3. The standard InChI is InChI=1S/C16H25N3/c1-2-19(15-6-4-3-5-7-15)16(13-17)9-11-18-10-8-14(16)12-18/h3-7,14H,2,8-13,17H2,1H3. The number of anilines is 1. The predicted octanol–water partition coefficient (Wildman–Crippen LogP) is 1.94. The van der Waals surface area contributed by atoms with Crippen molar-refractivity contribution in [3.8, 4) is 0 Å². The summed E-state index contributed by atoms with van der Waals surface area (Å²) in [5, 5.41) is 0. The molecule has 0 saturated carbocycles. The van der Waals surface area contributed by atoms with Crippen molar-refractivity contribution in [2.75, 3.05) is 37.6 Å². The van der Waals surface area contributed by atoms with Crippen LogP contribution in [0.15, 0.2) is 30.3 Å². The van der Waals surface area contributed by atoms with Crippen LogP contribution in [0.25, 0.3) is 0 Å². The topological polar surface area (TPSA) is 32.5 Å². The lowest BCUT2D eigenvalue weighted by Gasteiger charge is -2.51. The SMILES string of the molecule is CCN(c1ccccc1)C1(CN)CCN2CCC1C2. The zero-order chi connectivity index (χ0) is 13.3. The van der Waals surface area contributed by atoms with Gasteiger partial charge in [-0.1, -0.05) is 18.2 Å². The molecule has 2 N–H and O–H groups in total. The summed E-state index contributed by atoms with van der Waals surface area (Å²) in [5.74, 6) is 0.728. The fourth-order valence-electron chi connectivity index (χ4n) is 4.13. The van der Waals surface area contributed by atoms with E-state index in [1.165, 1.54) is 38.2 Å². The fraction of sp³-hybridized carbons (Fsp3) is 0.625. The lowest BCUT2D eigenvalue weighted by atomic mass is 9.77. The van der Waals surface area contributed by atoms with Crippen LogP contribution in [0.3, 0.4) is 0 Å². The lowest BCUT2D eigenvalue weighted by molar-refractivity contribution is 0.164. The molecule has 3 unspecified atom stereocenters. The first kappa shape index (κ1) is 12.9. The molecule has 2 bridgehead atoms. The Hall–Kier alpha value is -1.06. The zero-order valence-electron chi connectivity index (χ0n) is 11.9. The molecular weight excluding hydrogens is 234 g/mol. The second-order valence-electron chi connectivity index (χ2n) is 5.92. The Bertz CT molecular complexity index is 419. The van der Waals surface area contributed by atoms with Gasteiger partial charge in [0.15, 0.2) is 0 Å². The third kappa shape index (κ3) is 2.05. The molecule has 19 heavy (non-hydrogen) atoms. The molecule has 2 aliphatic heterocycles. The summed E-state index contributed by atoms with van der Waals surface area (Å²) in [6.07, 6.45) is 2.51. The number of hydrogen-bond acceptors (Lipinski definition) is 3. The van der Waals surface area contributed by atoms with Crippen LogP contribution in [-0.4, -0.2) is 43.2 Å². The Morgan fingerprint density at radius 3 is 2.79 bits per heavy atom. The highest BCUT2D eigenvalue weighted by Gasteiger charge is 2.48. The number of nitrogens with two attached hydrogens (primary N) is 1. The molecule has 2 aliphatic rings. The molecule has 2 heterocycles. The maximum absolute atomic E-state index is 6.28. The van der Waals surface area contributed by atoms with E-state index in [2.05, 4.69) is 47.1 Å². The van der Waals surface area contributed by atoms with E-state index in [4.69, 9.17) is 5.73 Å². The van der Waals surface area contributed by atoms with Gasteiger partial charge in [-0.05, 0) is 44.4 Å². The van der Waals surface area contributed by atoms with Gasteiger partial charge in [-0.25, -0.2) is 0 Å². The van der Waals surface area contributed by atoms with Gasteiger partial charge in [0.1, 0.15) is 0 Å². The summed E-state index contributed by atoms with van der Waals surface area (Å²) in [6, 6.07) is 10.8. The monoisotopic (exact) mass is 259 g/mol. The molecule has 3 heteroatoms. The van der Waals surface area contributed by atoms with Crippen molar-refractivity contribution < 1.29 is 0 Å². The highest BCUT2D eigenvalue weighted by molar-refractivity contribution is 5.50. The molecule has 2 saturated heterocycles. The minimum Gasteiger partial charge on any atom is -0.364 e. The summed E-state index contributed by atoms with van der Waals surface area (Å²) in [7, 11) is 0. The van der Waals surface area contributed by atoms with Gasteiger partial charge in [0.25, 0.3) is 0 Å². The molecule has 0 radical (unpaired) electrons. The first-order chi connectivity index (χ1) is 9.30. The first-order valence-electron chi connectivity index (χ1n) is 7.55.